The molecule has 8 nitrogen and oxygen atoms in total. The molecule has 0 saturated heterocycles. The van der Waals surface area contributed by atoms with Crippen molar-refractivity contribution < 1.29 is 37.3 Å². The lowest BCUT2D eigenvalue weighted by Gasteiger charge is -2.24. The summed E-state index contributed by atoms with van der Waals surface area (Å²) in [4.78, 5) is 23.1. The van der Waals surface area contributed by atoms with Gasteiger partial charge in [-0.1, -0.05) is 269 Å². The molecule has 0 rings (SSSR count). The van der Waals surface area contributed by atoms with Crippen molar-refractivity contribution in [3.05, 3.63) is 36.5 Å². The van der Waals surface area contributed by atoms with E-state index in [9.17, 15) is 14.3 Å². The fourth-order valence-corrected chi connectivity index (χ4v) is 9.54. The number of hydrogen-bond acceptors (Lipinski definition) is 6. The monoisotopic (exact) mass is 1010 g/mol. The van der Waals surface area contributed by atoms with E-state index >= 15 is 0 Å². The number of quaternary nitrogens is 1. The van der Waals surface area contributed by atoms with Gasteiger partial charge in [-0.25, -0.2) is 4.57 Å². The van der Waals surface area contributed by atoms with Crippen LogP contribution >= 0.6 is 7.82 Å². The van der Waals surface area contributed by atoms with Gasteiger partial charge in [-0.15, -0.1) is 0 Å². The molecular weight excluding hydrogens is 890 g/mol. The maximum Gasteiger partial charge on any atom is 0.472 e. The van der Waals surface area contributed by atoms with Crippen molar-refractivity contribution in [3.63, 3.8) is 0 Å². The Morgan fingerprint density at radius 3 is 1.17 bits per heavy atom. The van der Waals surface area contributed by atoms with Crippen LogP contribution in [-0.2, 0) is 27.9 Å². The highest BCUT2D eigenvalue weighted by atomic mass is 31.2. The Labute approximate surface area is 435 Å². The van der Waals surface area contributed by atoms with Gasteiger partial charge in [-0.05, 0) is 51.4 Å². The standard InChI is InChI=1S/C61H118NO7P/c1-6-8-10-12-14-16-18-20-22-24-26-28-30-31-33-35-37-39-41-43-45-47-49-51-53-56-66-58-60(59-68-70(64,65)67-57-55-62(3,4)5)69-61(63)54-52-50-48-46-44-42-40-38-36-34-32-29-27-25-23-21-19-17-15-13-11-9-7-2/h19,21,25,27,32,34,60H,6-18,20,22-24,26,28-31,33,35-59H2,1-5H3/p+1/b21-19-,27-25-,34-32-. The Morgan fingerprint density at radius 1 is 0.443 bits per heavy atom. The molecule has 414 valence electrons. The van der Waals surface area contributed by atoms with Crippen molar-refractivity contribution in [1.29, 1.82) is 0 Å². The Kier molecular flexibility index (Phi) is 53.0. The molecule has 0 aliphatic rings. The van der Waals surface area contributed by atoms with Crippen LogP contribution in [0.15, 0.2) is 36.5 Å². The molecule has 0 amide bonds. The highest BCUT2D eigenvalue weighted by molar-refractivity contribution is 7.47. The van der Waals surface area contributed by atoms with Crippen molar-refractivity contribution in [1.82, 2.24) is 0 Å². The molecule has 70 heavy (non-hydrogen) atoms. The Bertz CT molecular complexity index is 1220. The van der Waals surface area contributed by atoms with Crippen LogP contribution < -0.4 is 0 Å². The largest absolute Gasteiger partial charge is 0.472 e. The van der Waals surface area contributed by atoms with Gasteiger partial charge in [-0.2, -0.15) is 0 Å². The summed E-state index contributed by atoms with van der Waals surface area (Å²) in [7, 11) is 1.67. The van der Waals surface area contributed by atoms with Crippen molar-refractivity contribution in [2.24, 2.45) is 0 Å². The lowest BCUT2D eigenvalue weighted by Crippen LogP contribution is -2.37. The highest BCUT2D eigenvalue weighted by Crippen LogP contribution is 2.43. The van der Waals surface area contributed by atoms with E-state index in [1.165, 1.54) is 218 Å². The summed E-state index contributed by atoms with van der Waals surface area (Å²) in [5, 5.41) is 0. The zero-order valence-corrected chi connectivity index (χ0v) is 48.2. The van der Waals surface area contributed by atoms with E-state index in [0.29, 0.717) is 24.1 Å². The van der Waals surface area contributed by atoms with Crippen molar-refractivity contribution in [2.75, 3.05) is 54.1 Å². The van der Waals surface area contributed by atoms with E-state index in [4.69, 9.17) is 18.5 Å². The van der Waals surface area contributed by atoms with Crippen LogP contribution in [0.3, 0.4) is 0 Å². The molecule has 0 fully saturated rings. The number of ether oxygens (including phenoxy) is 2. The van der Waals surface area contributed by atoms with E-state index < -0.39 is 13.9 Å². The Balaban J connectivity index is 4.04. The molecule has 0 aromatic carbocycles. The first-order valence-electron chi connectivity index (χ1n) is 30.2. The van der Waals surface area contributed by atoms with Crippen LogP contribution in [0.4, 0.5) is 0 Å². The van der Waals surface area contributed by atoms with E-state index in [2.05, 4.69) is 50.3 Å². The van der Waals surface area contributed by atoms with Crippen LogP contribution in [0.5, 0.6) is 0 Å². The zero-order valence-electron chi connectivity index (χ0n) is 47.3. The maximum atomic E-state index is 12.8. The minimum absolute atomic E-state index is 0.0884. The molecule has 0 radical (unpaired) electrons. The SMILES string of the molecule is CCCCCCC/C=C\C/C=C\C/C=C\CCCCCCCCCCC(=O)OC(COCCCCCCCCCCCCCCCCCCCCCCCCCCC)COP(=O)(O)OCC[N+](C)(C)C. The Morgan fingerprint density at radius 2 is 0.786 bits per heavy atom. The molecule has 0 spiro atoms. The van der Waals surface area contributed by atoms with Gasteiger partial charge < -0.3 is 18.9 Å². The number of unbranched alkanes of at least 4 members (excludes halogenated alkanes) is 37. The van der Waals surface area contributed by atoms with Gasteiger partial charge in [0.15, 0.2) is 0 Å². The number of esters is 1. The van der Waals surface area contributed by atoms with Gasteiger partial charge in [0, 0.05) is 13.0 Å². The molecule has 0 aromatic rings. The predicted molar refractivity (Wildman–Crippen MR) is 303 cm³/mol. The second-order valence-electron chi connectivity index (χ2n) is 21.7. The summed E-state index contributed by atoms with van der Waals surface area (Å²) in [5.74, 6) is -0.315. The number of phosphoric ester groups is 1. The highest BCUT2D eigenvalue weighted by Gasteiger charge is 2.26. The molecule has 9 heteroatoms. The first-order valence-corrected chi connectivity index (χ1v) is 31.7. The maximum absolute atomic E-state index is 12.8. The summed E-state index contributed by atoms with van der Waals surface area (Å²) in [6, 6.07) is 0. The molecule has 2 unspecified atom stereocenters. The van der Waals surface area contributed by atoms with Crippen LogP contribution in [0.2, 0.25) is 0 Å². The third-order valence-electron chi connectivity index (χ3n) is 13.5. The number of carbonyl (C=O) groups is 1. The van der Waals surface area contributed by atoms with Crippen molar-refractivity contribution >= 4 is 13.8 Å². The molecule has 0 heterocycles. The van der Waals surface area contributed by atoms with E-state index in [1.807, 2.05) is 21.1 Å². The molecule has 2 atom stereocenters. The fraction of sp³-hybridized carbons (Fsp3) is 0.885. The first kappa shape index (κ1) is 68.7. The molecule has 0 aliphatic carbocycles. The van der Waals surface area contributed by atoms with Crippen LogP contribution in [-0.4, -0.2) is 75.6 Å². The van der Waals surface area contributed by atoms with Gasteiger partial charge >= 0.3 is 13.8 Å². The summed E-state index contributed by atoms with van der Waals surface area (Å²) >= 11 is 0. The molecule has 0 bridgehead atoms. The lowest BCUT2D eigenvalue weighted by molar-refractivity contribution is -0.870. The minimum Gasteiger partial charge on any atom is -0.457 e. The van der Waals surface area contributed by atoms with Gasteiger partial charge in [0.05, 0.1) is 34.4 Å². The molecular formula is C61H119NO7P+. The van der Waals surface area contributed by atoms with E-state index in [1.54, 1.807) is 0 Å². The van der Waals surface area contributed by atoms with Crippen LogP contribution in [0.1, 0.15) is 290 Å². The van der Waals surface area contributed by atoms with Crippen molar-refractivity contribution in [2.45, 2.75) is 296 Å². The summed E-state index contributed by atoms with van der Waals surface area (Å²) in [5.41, 5.74) is 0. The lowest BCUT2D eigenvalue weighted by atomic mass is 10.0. The van der Waals surface area contributed by atoms with E-state index in [-0.39, 0.29) is 25.8 Å². The van der Waals surface area contributed by atoms with Gasteiger partial charge in [0.25, 0.3) is 0 Å². The number of carbonyl (C=O) groups excluding carboxylic acids is 1. The van der Waals surface area contributed by atoms with Gasteiger partial charge in [0.2, 0.25) is 0 Å². The minimum atomic E-state index is -4.29. The van der Waals surface area contributed by atoms with Crippen LogP contribution in [0.25, 0.3) is 0 Å². The molecule has 0 saturated carbocycles. The Hall–Kier alpha value is -1.28. The second kappa shape index (κ2) is 54.0. The van der Waals surface area contributed by atoms with Crippen LogP contribution in [0, 0.1) is 0 Å². The third kappa shape index (κ3) is 57.6. The quantitative estimate of drug-likeness (QED) is 0.0213. The molecule has 1 N–H and O–H groups in total. The summed E-state index contributed by atoms with van der Waals surface area (Å²) in [6.07, 6.45) is 67.9. The number of hydrogen-bond donors (Lipinski definition) is 1. The fourth-order valence-electron chi connectivity index (χ4n) is 8.80. The van der Waals surface area contributed by atoms with E-state index in [0.717, 1.165) is 51.4 Å². The number of rotatable bonds is 57. The zero-order chi connectivity index (χ0) is 51.2. The average molecular weight is 1010 g/mol. The van der Waals surface area contributed by atoms with Crippen molar-refractivity contribution in [3.8, 4) is 0 Å². The molecule has 0 aromatic heterocycles. The number of phosphoric acid groups is 1. The molecule has 0 aliphatic heterocycles. The predicted octanol–water partition coefficient (Wildman–Crippen LogP) is 19.2. The van der Waals surface area contributed by atoms with Gasteiger partial charge in [-0.3, -0.25) is 13.8 Å². The average Bonchev–Trinajstić information content (AvgIpc) is 3.32. The third-order valence-corrected chi connectivity index (χ3v) is 14.4. The summed E-state index contributed by atoms with van der Waals surface area (Å²) < 4.78 is 35.3. The smallest absolute Gasteiger partial charge is 0.457 e. The number of nitrogens with zero attached hydrogens (tertiary/aromatic N) is 1. The number of allylic oxidation sites excluding steroid dienone is 6. The summed E-state index contributed by atoms with van der Waals surface area (Å²) in [6.45, 7) is 5.66. The first-order chi connectivity index (χ1) is 34.1. The number of likely N-dealkylation sites (N-methyl/N-ethyl adjacent to an activating group) is 1. The normalized spacial score (nSPS) is 13.6. The van der Waals surface area contributed by atoms with Gasteiger partial charge in [0.1, 0.15) is 19.3 Å². The second-order valence-corrected chi connectivity index (χ2v) is 23.2. The topological polar surface area (TPSA) is 91.3 Å².